The maximum atomic E-state index is 12.7. The first-order chi connectivity index (χ1) is 9.70. The summed E-state index contributed by atoms with van der Waals surface area (Å²) in [6, 6.07) is 2.64. The van der Waals surface area contributed by atoms with E-state index in [4.69, 9.17) is 11.6 Å². The van der Waals surface area contributed by atoms with E-state index in [1.807, 2.05) is 11.8 Å². The smallest absolute Gasteiger partial charge is 0.371 e. The third kappa shape index (κ3) is 4.09. The molecule has 1 aromatic rings. The molecule has 1 saturated heterocycles. The van der Waals surface area contributed by atoms with E-state index in [1.165, 1.54) is 6.20 Å². The van der Waals surface area contributed by atoms with Crippen molar-refractivity contribution in [2.45, 2.75) is 32.4 Å². The van der Waals surface area contributed by atoms with Gasteiger partial charge in [0.15, 0.2) is 0 Å². The fraction of sp³-hybridized carbons (Fsp3) is 0.571. The lowest BCUT2D eigenvalue weighted by Crippen LogP contribution is -2.39. The Morgan fingerprint density at radius 2 is 2.05 bits per heavy atom. The van der Waals surface area contributed by atoms with Crippen molar-refractivity contribution in [3.05, 3.63) is 24.0 Å². The van der Waals surface area contributed by atoms with Gasteiger partial charge in [0.1, 0.15) is 5.69 Å². The monoisotopic (exact) mass is 320 g/mol. The van der Waals surface area contributed by atoms with E-state index in [9.17, 15) is 18.0 Å². The van der Waals surface area contributed by atoms with Gasteiger partial charge in [-0.05, 0) is 42.0 Å². The lowest BCUT2D eigenvalue weighted by atomic mass is 9.78. The van der Waals surface area contributed by atoms with E-state index >= 15 is 0 Å². The average Bonchev–Trinajstić information content (AvgIpc) is 2.37. The van der Waals surface area contributed by atoms with Crippen LogP contribution in [0.1, 0.15) is 31.9 Å². The highest BCUT2D eigenvalue weighted by atomic mass is 35.5. The van der Waals surface area contributed by atoms with Crippen LogP contribution in [0.4, 0.5) is 18.9 Å². The number of hydrogen-bond donors (Lipinski definition) is 0. The van der Waals surface area contributed by atoms with Crippen LogP contribution in [0.5, 0.6) is 0 Å². The summed E-state index contributed by atoms with van der Waals surface area (Å²) < 4.78 is 38.0. The molecule has 1 aliphatic heterocycles. The van der Waals surface area contributed by atoms with E-state index in [1.54, 1.807) is 6.07 Å². The summed E-state index contributed by atoms with van der Waals surface area (Å²) in [6.07, 6.45) is -1.53. The van der Waals surface area contributed by atoms with Crippen LogP contribution in [0.2, 0.25) is 0 Å². The Bertz CT molecular complexity index is 525. The highest BCUT2D eigenvalue weighted by Crippen LogP contribution is 2.37. The zero-order chi connectivity index (χ0) is 15.7. The molecule has 0 radical (unpaired) electrons. The van der Waals surface area contributed by atoms with Crippen molar-refractivity contribution >= 4 is 22.5 Å². The molecule has 0 bridgehead atoms. The van der Waals surface area contributed by atoms with Crippen molar-refractivity contribution in [3.8, 4) is 0 Å². The Balaban J connectivity index is 2.07. The van der Waals surface area contributed by atoms with Crippen LogP contribution in [0.3, 0.4) is 0 Å². The molecule has 116 valence electrons. The fourth-order valence-electron chi connectivity index (χ4n) is 2.59. The predicted octanol–water partition coefficient (Wildman–Crippen LogP) is 3.86. The Morgan fingerprint density at radius 1 is 1.43 bits per heavy atom. The first kappa shape index (κ1) is 16.1. The number of aromatic nitrogens is 1. The van der Waals surface area contributed by atoms with Crippen LogP contribution in [0.25, 0.3) is 0 Å². The summed E-state index contributed by atoms with van der Waals surface area (Å²) in [4.78, 5) is 16.3. The minimum atomic E-state index is -4.44. The van der Waals surface area contributed by atoms with Crippen LogP contribution >= 0.6 is 11.6 Å². The lowest BCUT2D eigenvalue weighted by molar-refractivity contribution is -0.141. The maximum Gasteiger partial charge on any atom is 0.433 e. The number of carbonyl (C=O) groups is 1. The van der Waals surface area contributed by atoms with Gasteiger partial charge in [0, 0.05) is 31.4 Å². The summed E-state index contributed by atoms with van der Waals surface area (Å²) in [6.45, 7) is 3.18. The summed E-state index contributed by atoms with van der Waals surface area (Å²) >= 11 is 5.44. The van der Waals surface area contributed by atoms with Gasteiger partial charge in [0.2, 0.25) is 5.24 Å². The standard InChI is InChI=1S/C14H16ClF3N2O/c1-13(9-12(15)21)3-6-20(7-4-13)10-2-5-19-11(8-10)14(16,17)18/h2,5,8H,3-4,6-7,9H2,1H3. The molecule has 0 aromatic carbocycles. The van der Waals surface area contributed by atoms with Crippen molar-refractivity contribution in [3.63, 3.8) is 0 Å². The average molecular weight is 321 g/mol. The van der Waals surface area contributed by atoms with E-state index in [0.29, 0.717) is 25.2 Å². The lowest BCUT2D eigenvalue weighted by Gasteiger charge is -2.40. The first-order valence-electron chi connectivity index (χ1n) is 6.66. The van der Waals surface area contributed by atoms with Crippen LogP contribution in [-0.4, -0.2) is 23.3 Å². The van der Waals surface area contributed by atoms with Crippen LogP contribution < -0.4 is 4.90 Å². The van der Waals surface area contributed by atoms with E-state index in [-0.39, 0.29) is 10.7 Å². The Labute approximate surface area is 126 Å². The second-order valence-electron chi connectivity index (χ2n) is 5.73. The number of rotatable bonds is 3. The Morgan fingerprint density at radius 3 is 2.57 bits per heavy atom. The van der Waals surface area contributed by atoms with Gasteiger partial charge in [-0.3, -0.25) is 9.78 Å². The molecule has 0 spiro atoms. The van der Waals surface area contributed by atoms with E-state index in [0.717, 1.165) is 18.9 Å². The number of piperidine rings is 1. The molecule has 1 aliphatic rings. The van der Waals surface area contributed by atoms with Crippen molar-refractivity contribution in [2.24, 2.45) is 5.41 Å². The molecule has 0 amide bonds. The number of alkyl halides is 3. The highest BCUT2D eigenvalue weighted by Gasteiger charge is 2.35. The first-order valence-corrected chi connectivity index (χ1v) is 7.04. The van der Waals surface area contributed by atoms with Crippen LogP contribution in [0, 0.1) is 5.41 Å². The van der Waals surface area contributed by atoms with Gasteiger partial charge in [-0.25, -0.2) is 0 Å². The largest absolute Gasteiger partial charge is 0.433 e. The number of carbonyl (C=O) groups excluding carboxylic acids is 1. The van der Waals surface area contributed by atoms with Crippen molar-refractivity contribution in [1.29, 1.82) is 0 Å². The third-order valence-electron chi connectivity index (χ3n) is 3.94. The topological polar surface area (TPSA) is 33.2 Å². The zero-order valence-electron chi connectivity index (χ0n) is 11.6. The molecule has 3 nitrogen and oxygen atoms in total. The predicted molar refractivity (Wildman–Crippen MR) is 74.3 cm³/mol. The normalized spacial score (nSPS) is 18.6. The fourth-order valence-corrected chi connectivity index (χ4v) is 2.91. The number of nitrogens with zero attached hydrogens (tertiary/aromatic N) is 2. The molecule has 7 heteroatoms. The van der Waals surface area contributed by atoms with Gasteiger partial charge < -0.3 is 4.90 Å². The van der Waals surface area contributed by atoms with Gasteiger partial charge in [0.05, 0.1) is 0 Å². The number of pyridine rings is 1. The van der Waals surface area contributed by atoms with Crippen molar-refractivity contribution in [1.82, 2.24) is 4.98 Å². The van der Waals surface area contributed by atoms with E-state index < -0.39 is 11.9 Å². The molecule has 21 heavy (non-hydrogen) atoms. The van der Waals surface area contributed by atoms with E-state index in [2.05, 4.69) is 4.98 Å². The molecule has 0 unspecified atom stereocenters. The SMILES string of the molecule is CC1(CC(=O)Cl)CCN(c2ccnc(C(F)(F)F)c2)CC1. The molecule has 0 aliphatic carbocycles. The summed E-state index contributed by atoms with van der Waals surface area (Å²) in [7, 11) is 0. The van der Waals surface area contributed by atoms with Crippen molar-refractivity contribution < 1.29 is 18.0 Å². The number of anilines is 1. The Hall–Kier alpha value is -1.30. The second kappa shape index (κ2) is 5.83. The van der Waals surface area contributed by atoms with Gasteiger partial charge >= 0.3 is 6.18 Å². The van der Waals surface area contributed by atoms with Crippen molar-refractivity contribution in [2.75, 3.05) is 18.0 Å². The molecule has 0 atom stereocenters. The molecular formula is C14H16ClF3N2O. The third-order valence-corrected chi connectivity index (χ3v) is 4.07. The summed E-state index contributed by atoms with van der Waals surface area (Å²) in [5, 5.41) is -0.366. The molecule has 2 heterocycles. The second-order valence-corrected chi connectivity index (χ2v) is 6.15. The van der Waals surface area contributed by atoms with Crippen LogP contribution in [0.15, 0.2) is 18.3 Å². The maximum absolute atomic E-state index is 12.7. The minimum absolute atomic E-state index is 0.171. The van der Waals surface area contributed by atoms with Gasteiger partial charge in [-0.1, -0.05) is 6.92 Å². The van der Waals surface area contributed by atoms with Gasteiger partial charge in [-0.15, -0.1) is 0 Å². The molecule has 1 fully saturated rings. The molecule has 2 rings (SSSR count). The minimum Gasteiger partial charge on any atom is -0.371 e. The number of halogens is 4. The Kier molecular flexibility index (Phi) is 4.46. The number of hydrogen-bond acceptors (Lipinski definition) is 3. The molecule has 1 aromatic heterocycles. The summed E-state index contributed by atoms with van der Waals surface area (Å²) in [5.41, 5.74) is -0.546. The molecular weight excluding hydrogens is 305 g/mol. The molecule has 0 saturated carbocycles. The van der Waals surface area contributed by atoms with Gasteiger partial charge in [0.25, 0.3) is 0 Å². The van der Waals surface area contributed by atoms with Gasteiger partial charge in [-0.2, -0.15) is 13.2 Å². The highest BCUT2D eigenvalue weighted by molar-refractivity contribution is 6.63. The zero-order valence-corrected chi connectivity index (χ0v) is 12.3. The van der Waals surface area contributed by atoms with Crippen LogP contribution in [-0.2, 0) is 11.0 Å². The summed E-state index contributed by atoms with van der Waals surface area (Å²) in [5.74, 6) is 0. The molecule has 0 N–H and O–H groups in total. The quantitative estimate of drug-likeness (QED) is 0.793.